The summed E-state index contributed by atoms with van der Waals surface area (Å²) >= 11 is 7.94. The maximum atomic E-state index is 13.1. The van der Waals surface area contributed by atoms with Crippen molar-refractivity contribution in [2.75, 3.05) is 16.8 Å². The lowest BCUT2D eigenvalue weighted by Gasteiger charge is -2.17. The highest BCUT2D eigenvalue weighted by atomic mass is 35.5. The van der Waals surface area contributed by atoms with Gasteiger partial charge in [-0.15, -0.1) is 0 Å². The van der Waals surface area contributed by atoms with Crippen LogP contribution in [-0.2, 0) is 21.1 Å². The smallest absolute Gasteiger partial charge is 0.230 e. The average Bonchev–Trinajstić information content (AvgIpc) is 3.44. The summed E-state index contributed by atoms with van der Waals surface area (Å²) in [4.78, 5) is 27.3. The van der Waals surface area contributed by atoms with Crippen molar-refractivity contribution in [2.24, 2.45) is 5.92 Å². The fourth-order valence-electron chi connectivity index (χ4n) is 3.90. The van der Waals surface area contributed by atoms with Gasteiger partial charge in [-0.25, -0.2) is 4.68 Å². The van der Waals surface area contributed by atoms with Gasteiger partial charge in [0.1, 0.15) is 5.82 Å². The first-order chi connectivity index (χ1) is 14.6. The molecule has 2 aliphatic heterocycles. The van der Waals surface area contributed by atoms with Gasteiger partial charge in [0.15, 0.2) is 0 Å². The van der Waals surface area contributed by atoms with Crippen molar-refractivity contribution >= 4 is 46.7 Å². The summed E-state index contributed by atoms with van der Waals surface area (Å²) in [7, 11) is 0. The first-order valence-corrected chi connectivity index (χ1v) is 11.2. The van der Waals surface area contributed by atoms with Crippen molar-refractivity contribution in [2.45, 2.75) is 17.9 Å². The molecular formula is C22H19ClN4O2S. The molecule has 1 N–H and O–H groups in total. The van der Waals surface area contributed by atoms with Crippen LogP contribution in [0.5, 0.6) is 0 Å². The third kappa shape index (κ3) is 3.48. The maximum absolute atomic E-state index is 13.1. The van der Waals surface area contributed by atoms with Crippen LogP contribution < -0.4 is 10.2 Å². The molecule has 30 heavy (non-hydrogen) atoms. The number of carbonyl (C=O) groups is 2. The summed E-state index contributed by atoms with van der Waals surface area (Å²) < 4.78 is 1.75. The summed E-state index contributed by atoms with van der Waals surface area (Å²) in [6.45, 7) is 0.372. The van der Waals surface area contributed by atoms with Crippen LogP contribution in [0.3, 0.4) is 0 Å². The molecule has 5 rings (SSSR count). The van der Waals surface area contributed by atoms with E-state index in [0.29, 0.717) is 17.4 Å². The minimum Gasteiger partial charge on any atom is -0.312 e. The van der Waals surface area contributed by atoms with E-state index >= 15 is 0 Å². The summed E-state index contributed by atoms with van der Waals surface area (Å²) in [6, 6.07) is 16.9. The molecule has 1 atom stereocenters. The van der Waals surface area contributed by atoms with E-state index in [1.165, 1.54) is 0 Å². The van der Waals surface area contributed by atoms with E-state index in [9.17, 15) is 9.59 Å². The summed E-state index contributed by atoms with van der Waals surface area (Å²) in [5.74, 6) is 1.67. The fraction of sp³-hybridized carbons (Fsp3) is 0.227. The van der Waals surface area contributed by atoms with Crippen molar-refractivity contribution in [1.29, 1.82) is 0 Å². The number of amides is 2. The largest absolute Gasteiger partial charge is 0.312 e. The molecule has 1 saturated heterocycles. The van der Waals surface area contributed by atoms with Gasteiger partial charge >= 0.3 is 0 Å². The van der Waals surface area contributed by atoms with Crippen LogP contribution in [0, 0.1) is 5.92 Å². The number of para-hydroxylation sites is 1. The van der Waals surface area contributed by atoms with E-state index in [-0.39, 0.29) is 18.2 Å². The summed E-state index contributed by atoms with van der Waals surface area (Å²) in [6.07, 6.45) is 0.197. The maximum Gasteiger partial charge on any atom is 0.230 e. The second-order valence-corrected chi connectivity index (χ2v) is 8.81. The fourth-order valence-corrected chi connectivity index (χ4v) is 5.11. The van der Waals surface area contributed by atoms with Crippen LogP contribution in [0.2, 0.25) is 5.02 Å². The number of carbonyl (C=O) groups excluding carboxylic acids is 2. The lowest BCUT2D eigenvalue weighted by molar-refractivity contribution is -0.122. The highest BCUT2D eigenvalue weighted by Gasteiger charge is 2.36. The van der Waals surface area contributed by atoms with Gasteiger partial charge in [0.2, 0.25) is 11.8 Å². The number of hydrogen-bond acceptors (Lipinski definition) is 4. The first-order valence-electron chi connectivity index (χ1n) is 9.71. The Morgan fingerprint density at radius 3 is 2.70 bits per heavy atom. The molecule has 0 aliphatic carbocycles. The van der Waals surface area contributed by atoms with E-state index in [2.05, 4.69) is 5.32 Å². The Labute approximate surface area is 183 Å². The standard InChI is InChI=1S/C22H19ClN4O2S/c23-15-5-4-8-17(10-15)27-21(18-12-30-13-19(18)25-27)24-22(29)14-9-20(28)26(11-14)16-6-2-1-3-7-16/h1-8,10,14H,9,11-13H2,(H,24,29). The Kier molecular flexibility index (Phi) is 5.00. The van der Waals surface area contributed by atoms with Gasteiger partial charge in [-0.1, -0.05) is 35.9 Å². The lowest BCUT2D eigenvalue weighted by atomic mass is 10.1. The number of benzene rings is 2. The monoisotopic (exact) mass is 438 g/mol. The number of halogens is 1. The van der Waals surface area contributed by atoms with E-state index < -0.39 is 5.92 Å². The molecule has 1 unspecified atom stereocenters. The zero-order valence-electron chi connectivity index (χ0n) is 16.0. The molecule has 0 bridgehead atoms. The molecule has 152 valence electrons. The molecule has 0 saturated carbocycles. The van der Waals surface area contributed by atoms with Crippen molar-refractivity contribution in [1.82, 2.24) is 9.78 Å². The van der Waals surface area contributed by atoms with E-state index in [4.69, 9.17) is 16.7 Å². The normalized spacial score (nSPS) is 18.0. The zero-order chi connectivity index (χ0) is 20.7. The molecule has 8 heteroatoms. The van der Waals surface area contributed by atoms with Crippen LogP contribution in [0.15, 0.2) is 54.6 Å². The van der Waals surface area contributed by atoms with Gasteiger partial charge in [0, 0.05) is 40.7 Å². The molecule has 0 spiro atoms. The molecule has 1 fully saturated rings. The van der Waals surface area contributed by atoms with Crippen LogP contribution in [-0.4, -0.2) is 28.1 Å². The SMILES string of the molecule is O=C(Nc1c2c(nn1-c1cccc(Cl)c1)CSC2)C1CC(=O)N(c2ccccc2)C1. The van der Waals surface area contributed by atoms with Crippen molar-refractivity contribution in [3.8, 4) is 5.69 Å². The minimum atomic E-state index is -0.412. The number of hydrogen-bond donors (Lipinski definition) is 1. The van der Waals surface area contributed by atoms with Gasteiger partial charge < -0.3 is 10.2 Å². The van der Waals surface area contributed by atoms with Crippen LogP contribution in [0.4, 0.5) is 11.5 Å². The van der Waals surface area contributed by atoms with Gasteiger partial charge in [0.05, 0.1) is 17.3 Å². The van der Waals surface area contributed by atoms with Crippen molar-refractivity contribution in [3.05, 3.63) is 70.9 Å². The van der Waals surface area contributed by atoms with E-state index in [0.717, 1.165) is 34.1 Å². The molecule has 3 heterocycles. The number of nitrogens with zero attached hydrogens (tertiary/aromatic N) is 3. The van der Waals surface area contributed by atoms with Gasteiger partial charge in [-0.2, -0.15) is 16.9 Å². The second kappa shape index (κ2) is 7.81. The predicted octanol–water partition coefficient (Wildman–Crippen LogP) is 4.26. The van der Waals surface area contributed by atoms with Crippen LogP contribution >= 0.6 is 23.4 Å². The number of rotatable bonds is 4. The van der Waals surface area contributed by atoms with Crippen molar-refractivity contribution < 1.29 is 9.59 Å². The average molecular weight is 439 g/mol. The van der Waals surface area contributed by atoms with E-state index in [1.54, 1.807) is 27.4 Å². The molecule has 6 nitrogen and oxygen atoms in total. The number of nitrogens with one attached hydrogen (secondary N) is 1. The highest BCUT2D eigenvalue weighted by molar-refractivity contribution is 7.98. The van der Waals surface area contributed by atoms with Crippen LogP contribution in [0.1, 0.15) is 17.7 Å². The Bertz CT molecular complexity index is 1130. The second-order valence-electron chi connectivity index (χ2n) is 7.39. The van der Waals surface area contributed by atoms with Gasteiger partial charge in [0.25, 0.3) is 0 Å². The molecule has 2 aromatic carbocycles. The first kappa shape index (κ1) is 19.2. The number of fused-ring (bicyclic) bond motifs is 1. The van der Waals surface area contributed by atoms with Gasteiger partial charge in [-0.3, -0.25) is 9.59 Å². The number of thioether (sulfide) groups is 1. The Morgan fingerprint density at radius 2 is 1.90 bits per heavy atom. The molecule has 2 aliphatic rings. The zero-order valence-corrected chi connectivity index (χ0v) is 17.6. The Morgan fingerprint density at radius 1 is 1.10 bits per heavy atom. The highest BCUT2D eigenvalue weighted by Crippen LogP contribution is 2.37. The molecule has 2 amide bonds. The molecule has 0 radical (unpaired) electrons. The predicted molar refractivity (Wildman–Crippen MR) is 119 cm³/mol. The molecule has 1 aromatic heterocycles. The van der Waals surface area contributed by atoms with Crippen LogP contribution in [0.25, 0.3) is 5.69 Å². The van der Waals surface area contributed by atoms with Gasteiger partial charge in [-0.05, 0) is 30.3 Å². The Hall–Kier alpha value is -2.77. The molecule has 3 aromatic rings. The Balaban J connectivity index is 1.41. The topological polar surface area (TPSA) is 67.2 Å². The number of aromatic nitrogens is 2. The lowest BCUT2D eigenvalue weighted by Crippen LogP contribution is -2.28. The molecular weight excluding hydrogens is 420 g/mol. The van der Waals surface area contributed by atoms with E-state index in [1.807, 2.05) is 48.5 Å². The third-order valence-electron chi connectivity index (χ3n) is 5.41. The third-order valence-corrected chi connectivity index (χ3v) is 6.62. The summed E-state index contributed by atoms with van der Waals surface area (Å²) in [5.41, 5.74) is 3.63. The quantitative estimate of drug-likeness (QED) is 0.660. The van der Waals surface area contributed by atoms with Crippen molar-refractivity contribution in [3.63, 3.8) is 0 Å². The minimum absolute atomic E-state index is 0.0366. The number of anilines is 2. The summed E-state index contributed by atoms with van der Waals surface area (Å²) in [5, 5.41) is 8.38.